The molecule has 1 aliphatic heterocycles. The number of nitrogens with zero attached hydrogens (tertiary/aromatic N) is 2. The zero-order valence-electron chi connectivity index (χ0n) is 24.9. The largest absolute Gasteiger partial charge is 0.490 e. The first-order valence-corrected chi connectivity index (χ1v) is 16.0. The molecular weight excluding hydrogens is 659 g/mol. The summed E-state index contributed by atoms with van der Waals surface area (Å²) in [5, 5.41) is 8.75. The number of rotatable bonds is 12. The molecule has 4 aromatic rings. The van der Waals surface area contributed by atoms with Crippen molar-refractivity contribution in [3.8, 4) is 5.75 Å². The molecule has 1 aliphatic rings. The normalized spacial score (nSPS) is 15.0. The SMILES string of the molecule is Nc1ncc(C(=O)NCCCCN2CCC(OC(=O)C(F)(F)F)C2)c2scc(COc3cccc(NC(=O)c4ccc(Cl)cc4)c3)c12. The van der Waals surface area contributed by atoms with E-state index in [4.69, 9.17) is 22.1 Å². The number of hydrogen-bond donors (Lipinski definition) is 3. The second kappa shape index (κ2) is 15.0. The van der Waals surface area contributed by atoms with Gasteiger partial charge in [0.05, 0.1) is 10.3 Å². The van der Waals surface area contributed by atoms with E-state index < -0.39 is 18.2 Å². The zero-order valence-corrected chi connectivity index (χ0v) is 26.5. The Bertz CT molecular complexity index is 1750. The monoisotopic (exact) mass is 689 g/mol. The Labute approximate surface area is 277 Å². The summed E-state index contributed by atoms with van der Waals surface area (Å²) < 4.78 is 48.5. The maximum absolute atomic E-state index is 13.0. The lowest BCUT2D eigenvalue weighted by Gasteiger charge is -2.16. The van der Waals surface area contributed by atoms with Crippen LogP contribution in [0.3, 0.4) is 0 Å². The van der Waals surface area contributed by atoms with Crippen LogP contribution in [0.1, 0.15) is 45.5 Å². The van der Waals surface area contributed by atoms with Crippen molar-refractivity contribution < 1.29 is 37.0 Å². The highest BCUT2D eigenvalue weighted by molar-refractivity contribution is 7.17. The number of likely N-dealkylation sites (tertiary alicyclic amines) is 1. The summed E-state index contributed by atoms with van der Waals surface area (Å²) in [4.78, 5) is 42.8. The van der Waals surface area contributed by atoms with Gasteiger partial charge < -0.3 is 25.8 Å². The summed E-state index contributed by atoms with van der Waals surface area (Å²) in [6, 6.07) is 13.5. The molecule has 3 heterocycles. The van der Waals surface area contributed by atoms with E-state index in [9.17, 15) is 27.6 Å². The average Bonchev–Trinajstić information content (AvgIpc) is 3.67. The molecule has 4 N–H and O–H groups in total. The molecule has 2 amide bonds. The smallest absolute Gasteiger partial charge is 0.489 e. The Kier molecular flexibility index (Phi) is 10.8. The van der Waals surface area contributed by atoms with Gasteiger partial charge in [-0.05, 0) is 67.6 Å². The van der Waals surface area contributed by atoms with Crippen LogP contribution in [0, 0.1) is 0 Å². The summed E-state index contributed by atoms with van der Waals surface area (Å²) in [6.07, 6.45) is -2.64. The summed E-state index contributed by atoms with van der Waals surface area (Å²) >= 11 is 7.26. The lowest BCUT2D eigenvalue weighted by molar-refractivity contribution is -0.204. The Balaban J connectivity index is 1.11. The van der Waals surface area contributed by atoms with Crippen molar-refractivity contribution in [2.45, 2.75) is 38.1 Å². The van der Waals surface area contributed by atoms with Crippen LogP contribution in [0.2, 0.25) is 5.02 Å². The van der Waals surface area contributed by atoms with Gasteiger partial charge >= 0.3 is 12.1 Å². The number of thiophene rings is 1. The third-order valence-corrected chi connectivity index (χ3v) is 8.77. The van der Waals surface area contributed by atoms with Crippen LogP contribution < -0.4 is 21.1 Å². The summed E-state index contributed by atoms with van der Waals surface area (Å²) in [7, 11) is 0. The molecule has 47 heavy (non-hydrogen) atoms. The lowest BCUT2D eigenvalue weighted by Crippen LogP contribution is -2.32. The fourth-order valence-electron chi connectivity index (χ4n) is 5.10. The number of nitrogens with two attached hydrogens (primary N) is 1. The molecule has 2 aromatic carbocycles. The second-order valence-electron chi connectivity index (χ2n) is 10.9. The van der Waals surface area contributed by atoms with Gasteiger partial charge in [-0.3, -0.25) is 14.5 Å². The number of unbranched alkanes of at least 4 members (excludes halogenated alkanes) is 1. The second-order valence-corrected chi connectivity index (χ2v) is 12.2. The van der Waals surface area contributed by atoms with Crippen molar-refractivity contribution in [1.29, 1.82) is 0 Å². The van der Waals surface area contributed by atoms with Crippen molar-refractivity contribution in [2.75, 3.05) is 37.2 Å². The molecule has 15 heteroatoms. The van der Waals surface area contributed by atoms with Gasteiger partial charge in [0.1, 0.15) is 24.3 Å². The predicted molar refractivity (Wildman–Crippen MR) is 173 cm³/mol. The third kappa shape index (κ3) is 8.90. The first kappa shape index (κ1) is 33.9. The van der Waals surface area contributed by atoms with E-state index in [-0.39, 0.29) is 30.8 Å². The van der Waals surface area contributed by atoms with Gasteiger partial charge in [-0.2, -0.15) is 13.2 Å². The van der Waals surface area contributed by atoms with Crippen molar-refractivity contribution in [2.24, 2.45) is 0 Å². The van der Waals surface area contributed by atoms with E-state index in [2.05, 4.69) is 20.4 Å². The molecule has 0 spiro atoms. The number of carbonyl (C=O) groups is 3. The van der Waals surface area contributed by atoms with Gasteiger partial charge in [-0.15, -0.1) is 11.3 Å². The van der Waals surface area contributed by atoms with Gasteiger partial charge in [-0.1, -0.05) is 17.7 Å². The molecule has 0 aliphatic carbocycles. The number of alkyl halides is 3. The quantitative estimate of drug-likeness (QED) is 0.121. The van der Waals surface area contributed by atoms with Crippen molar-refractivity contribution >= 4 is 62.3 Å². The topological polar surface area (TPSA) is 136 Å². The van der Waals surface area contributed by atoms with Crippen LogP contribution in [0.4, 0.5) is 24.7 Å². The van der Waals surface area contributed by atoms with Crippen molar-refractivity contribution in [1.82, 2.24) is 15.2 Å². The van der Waals surface area contributed by atoms with Gasteiger partial charge in [-0.25, -0.2) is 9.78 Å². The maximum Gasteiger partial charge on any atom is 0.490 e. The van der Waals surface area contributed by atoms with Crippen LogP contribution in [0.15, 0.2) is 60.1 Å². The number of anilines is 2. The number of esters is 1. The Morgan fingerprint density at radius 2 is 1.89 bits per heavy atom. The summed E-state index contributed by atoms with van der Waals surface area (Å²) in [5.41, 5.74) is 8.35. The molecule has 0 radical (unpaired) electrons. The van der Waals surface area contributed by atoms with Crippen LogP contribution in [0.25, 0.3) is 10.1 Å². The number of benzene rings is 2. The number of aromatic nitrogens is 1. The molecule has 0 saturated carbocycles. The summed E-state index contributed by atoms with van der Waals surface area (Å²) in [5.74, 6) is -1.96. The van der Waals surface area contributed by atoms with Crippen LogP contribution >= 0.6 is 22.9 Å². The number of ether oxygens (including phenoxy) is 2. The van der Waals surface area contributed by atoms with E-state index in [0.717, 1.165) is 5.56 Å². The van der Waals surface area contributed by atoms with Gasteiger partial charge in [0.2, 0.25) is 0 Å². The molecule has 1 unspecified atom stereocenters. The number of carbonyl (C=O) groups excluding carboxylic acids is 3. The fourth-order valence-corrected chi connectivity index (χ4v) is 6.30. The number of nitrogens with one attached hydrogen (secondary N) is 2. The number of pyridine rings is 1. The molecule has 10 nitrogen and oxygen atoms in total. The van der Waals surface area contributed by atoms with Crippen molar-refractivity contribution in [3.05, 3.63) is 81.8 Å². The minimum atomic E-state index is -5.00. The number of halogens is 4. The Morgan fingerprint density at radius 3 is 2.66 bits per heavy atom. The highest BCUT2D eigenvalue weighted by atomic mass is 35.5. The number of fused-ring (bicyclic) bond motifs is 1. The highest BCUT2D eigenvalue weighted by Gasteiger charge is 2.43. The minimum absolute atomic E-state index is 0.151. The molecule has 1 saturated heterocycles. The van der Waals surface area contributed by atoms with Crippen molar-refractivity contribution in [3.63, 3.8) is 0 Å². The number of nitrogen functional groups attached to an aromatic ring is 1. The van der Waals surface area contributed by atoms with Crippen LogP contribution in [-0.2, 0) is 16.1 Å². The molecule has 1 atom stereocenters. The first-order valence-electron chi connectivity index (χ1n) is 14.7. The fraction of sp³-hybridized carbons (Fsp3) is 0.312. The predicted octanol–water partition coefficient (Wildman–Crippen LogP) is 6.05. The maximum atomic E-state index is 13.0. The molecule has 2 aromatic heterocycles. The highest BCUT2D eigenvalue weighted by Crippen LogP contribution is 2.33. The van der Waals surface area contributed by atoms with Crippen LogP contribution in [-0.4, -0.2) is 66.1 Å². The third-order valence-electron chi connectivity index (χ3n) is 7.46. The zero-order chi connectivity index (χ0) is 33.6. The Hall–Kier alpha value is -4.40. The molecular formula is C32H31ClF3N5O5S. The first-order chi connectivity index (χ1) is 22.5. The van der Waals surface area contributed by atoms with E-state index in [1.807, 2.05) is 10.3 Å². The molecule has 1 fully saturated rings. The standard InChI is InChI=1S/C32H31ClF3N5O5S/c33-21-8-6-19(7-9-21)29(42)40-22-4-3-5-23(14-22)45-17-20-18-47-27-25(15-39-28(37)26(20)27)30(43)38-11-1-2-12-41-13-10-24(16-41)46-31(44)32(34,35)36/h3-9,14-15,18,24H,1-2,10-13,16-17H2,(H2,37,39)(H,38,43)(H,40,42). The average molecular weight is 690 g/mol. The van der Waals surface area contributed by atoms with Gasteiger partial charge in [0.15, 0.2) is 0 Å². The molecule has 248 valence electrons. The van der Waals surface area contributed by atoms with Crippen LogP contribution in [0.5, 0.6) is 5.75 Å². The minimum Gasteiger partial charge on any atom is -0.489 e. The van der Waals surface area contributed by atoms with E-state index in [1.54, 1.807) is 48.5 Å². The summed E-state index contributed by atoms with van der Waals surface area (Å²) in [6.45, 7) is 1.93. The van der Waals surface area contributed by atoms with Gasteiger partial charge in [0.25, 0.3) is 11.8 Å². The lowest BCUT2D eigenvalue weighted by atomic mass is 10.1. The van der Waals surface area contributed by atoms with E-state index in [1.165, 1.54) is 17.5 Å². The van der Waals surface area contributed by atoms with E-state index in [0.29, 0.717) is 76.6 Å². The Morgan fingerprint density at radius 1 is 1.11 bits per heavy atom. The molecule has 0 bridgehead atoms. The molecule has 5 rings (SSSR count). The van der Waals surface area contributed by atoms with E-state index >= 15 is 0 Å². The number of hydrogen-bond acceptors (Lipinski definition) is 9. The number of amides is 2. The van der Waals surface area contributed by atoms with Gasteiger partial charge in [0, 0.05) is 59.1 Å².